The van der Waals surface area contributed by atoms with Crippen LogP contribution in [0, 0.1) is 0 Å². The highest BCUT2D eigenvalue weighted by molar-refractivity contribution is 5.09. The first kappa shape index (κ1) is 14.5. The topological polar surface area (TPSA) is 48.3 Å². The van der Waals surface area contributed by atoms with E-state index in [1.54, 1.807) is 0 Å². The fourth-order valence-electron chi connectivity index (χ4n) is 2.34. The van der Waals surface area contributed by atoms with E-state index in [1.165, 1.54) is 0 Å². The van der Waals surface area contributed by atoms with Gasteiger partial charge >= 0.3 is 0 Å². The number of hydrogen-bond acceptors (Lipinski definition) is 4. The fraction of sp³-hybridized carbons (Fsp3) is 0.786. The van der Waals surface area contributed by atoms with Crippen molar-refractivity contribution in [2.24, 2.45) is 7.05 Å². The first-order chi connectivity index (χ1) is 9.00. The van der Waals surface area contributed by atoms with E-state index in [1.807, 2.05) is 11.7 Å². The van der Waals surface area contributed by atoms with E-state index in [4.69, 9.17) is 9.47 Å². The smallest absolute Gasteiger partial charge is 0.0940 e. The summed E-state index contributed by atoms with van der Waals surface area (Å²) in [7, 11) is 1.96. The van der Waals surface area contributed by atoms with E-state index in [9.17, 15) is 0 Å². The van der Waals surface area contributed by atoms with E-state index in [-0.39, 0.29) is 11.7 Å². The van der Waals surface area contributed by atoms with Crippen molar-refractivity contribution in [3.8, 4) is 0 Å². The highest BCUT2D eigenvalue weighted by Crippen LogP contribution is 2.15. The van der Waals surface area contributed by atoms with Crippen molar-refractivity contribution in [1.29, 1.82) is 0 Å². The third-order valence-corrected chi connectivity index (χ3v) is 3.35. The third-order valence-electron chi connectivity index (χ3n) is 3.35. The van der Waals surface area contributed by atoms with Gasteiger partial charge in [0.05, 0.1) is 36.3 Å². The summed E-state index contributed by atoms with van der Waals surface area (Å²) < 4.78 is 13.6. The number of nitrogens with one attached hydrogen (secondary N) is 1. The molecule has 5 nitrogen and oxygen atoms in total. The van der Waals surface area contributed by atoms with Crippen molar-refractivity contribution < 1.29 is 9.47 Å². The predicted octanol–water partition coefficient (Wildman–Crippen LogP) is 1.27. The molecule has 0 bridgehead atoms. The summed E-state index contributed by atoms with van der Waals surface area (Å²) in [6.45, 7) is 9.26. The van der Waals surface area contributed by atoms with Gasteiger partial charge in [0.15, 0.2) is 0 Å². The lowest BCUT2D eigenvalue weighted by molar-refractivity contribution is -0.122. The molecule has 1 unspecified atom stereocenters. The molecule has 1 saturated heterocycles. The summed E-state index contributed by atoms with van der Waals surface area (Å²) in [6.07, 6.45) is 1.08. The normalized spacial score (nSPS) is 22.6. The second kappa shape index (κ2) is 6.03. The number of hydrogen-bond donors (Lipinski definition) is 1. The number of aryl methyl sites for hydroxylation is 2. The Bertz CT molecular complexity index is 415. The van der Waals surface area contributed by atoms with E-state index in [0.717, 1.165) is 30.9 Å². The maximum absolute atomic E-state index is 5.96. The first-order valence-corrected chi connectivity index (χ1v) is 6.98. The van der Waals surface area contributed by atoms with Crippen LogP contribution in [0.5, 0.6) is 0 Å². The Labute approximate surface area is 115 Å². The van der Waals surface area contributed by atoms with Gasteiger partial charge in [-0.25, -0.2) is 0 Å². The minimum absolute atomic E-state index is 0.103. The van der Waals surface area contributed by atoms with Crippen molar-refractivity contribution >= 4 is 0 Å². The molecular formula is C14H25N3O2. The second-order valence-corrected chi connectivity index (χ2v) is 5.75. The number of aromatic nitrogens is 2. The standard InChI is InChI=1S/C14H25N3O2/c1-5-11-6-12(17(4)16-11)8-18-9-13-7-15-10-14(2,3)19-13/h6,13,15H,5,7-10H2,1-4H3. The van der Waals surface area contributed by atoms with Crippen LogP contribution in [0.15, 0.2) is 6.07 Å². The van der Waals surface area contributed by atoms with Gasteiger partial charge in [0.25, 0.3) is 0 Å². The molecule has 2 heterocycles. The molecule has 0 amide bonds. The van der Waals surface area contributed by atoms with Crippen molar-refractivity contribution in [3.63, 3.8) is 0 Å². The van der Waals surface area contributed by atoms with Gasteiger partial charge in [-0.2, -0.15) is 5.10 Å². The summed E-state index contributed by atoms with van der Waals surface area (Å²) in [5.41, 5.74) is 2.12. The predicted molar refractivity (Wildman–Crippen MR) is 74.1 cm³/mol. The van der Waals surface area contributed by atoms with Crippen molar-refractivity contribution in [2.75, 3.05) is 19.7 Å². The molecule has 1 N–H and O–H groups in total. The van der Waals surface area contributed by atoms with Crippen LogP contribution in [0.1, 0.15) is 32.2 Å². The van der Waals surface area contributed by atoms with Gasteiger partial charge in [-0.15, -0.1) is 0 Å². The molecule has 1 fully saturated rings. The molecular weight excluding hydrogens is 242 g/mol. The SMILES string of the molecule is CCc1cc(COCC2CNCC(C)(C)O2)n(C)n1. The fourth-order valence-corrected chi connectivity index (χ4v) is 2.34. The van der Waals surface area contributed by atoms with Crippen LogP contribution in [0.3, 0.4) is 0 Å². The zero-order valence-corrected chi connectivity index (χ0v) is 12.4. The zero-order valence-electron chi connectivity index (χ0n) is 12.4. The lowest BCUT2D eigenvalue weighted by Crippen LogP contribution is -2.51. The Morgan fingerprint density at radius 1 is 1.58 bits per heavy atom. The molecule has 1 atom stereocenters. The van der Waals surface area contributed by atoms with Gasteiger partial charge in [0, 0.05) is 20.1 Å². The maximum Gasteiger partial charge on any atom is 0.0940 e. The van der Waals surface area contributed by atoms with Crippen LogP contribution in [0.2, 0.25) is 0 Å². The molecule has 0 spiro atoms. The lowest BCUT2D eigenvalue weighted by atomic mass is 10.1. The summed E-state index contributed by atoms with van der Waals surface area (Å²) in [5, 5.41) is 7.79. The summed E-state index contributed by atoms with van der Waals surface area (Å²) in [6, 6.07) is 2.10. The van der Waals surface area contributed by atoms with Crippen LogP contribution in [-0.4, -0.2) is 41.2 Å². The molecule has 0 saturated carbocycles. The average molecular weight is 267 g/mol. The molecule has 0 radical (unpaired) electrons. The Balaban J connectivity index is 1.78. The number of ether oxygens (including phenoxy) is 2. The summed E-state index contributed by atoms with van der Waals surface area (Å²) >= 11 is 0. The monoisotopic (exact) mass is 267 g/mol. The quantitative estimate of drug-likeness (QED) is 0.872. The lowest BCUT2D eigenvalue weighted by Gasteiger charge is -2.36. The van der Waals surface area contributed by atoms with Gasteiger partial charge in [0.2, 0.25) is 0 Å². The minimum atomic E-state index is -0.103. The van der Waals surface area contributed by atoms with Crippen LogP contribution in [0.4, 0.5) is 0 Å². The summed E-state index contributed by atoms with van der Waals surface area (Å²) in [4.78, 5) is 0. The minimum Gasteiger partial charge on any atom is -0.372 e. The van der Waals surface area contributed by atoms with Gasteiger partial charge < -0.3 is 14.8 Å². The average Bonchev–Trinajstić information content (AvgIpc) is 2.69. The maximum atomic E-state index is 5.96. The molecule has 0 aromatic carbocycles. The van der Waals surface area contributed by atoms with Crippen molar-refractivity contribution in [2.45, 2.75) is 45.5 Å². The number of nitrogens with zero attached hydrogens (tertiary/aromatic N) is 2. The van der Waals surface area contributed by atoms with Crippen molar-refractivity contribution in [3.05, 3.63) is 17.5 Å². The number of rotatable bonds is 5. The highest BCUT2D eigenvalue weighted by Gasteiger charge is 2.28. The molecule has 1 aromatic rings. The van der Waals surface area contributed by atoms with Gasteiger partial charge in [-0.1, -0.05) is 6.92 Å². The van der Waals surface area contributed by atoms with E-state index in [2.05, 4.69) is 37.3 Å². The molecule has 1 aliphatic rings. The molecule has 19 heavy (non-hydrogen) atoms. The van der Waals surface area contributed by atoms with Gasteiger partial charge in [0.1, 0.15) is 0 Å². The molecule has 0 aliphatic carbocycles. The largest absolute Gasteiger partial charge is 0.372 e. The molecule has 2 rings (SSSR count). The van der Waals surface area contributed by atoms with E-state index in [0.29, 0.717) is 13.2 Å². The second-order valence-electron chi connectivity index (χ2n) is 5.75. The molecule has 108 valence electrons. The van der Waals surface area contributed by atoms with E-state index < -0.39 is 0 Å². The molecule has 1 aromatic heterocycles. The van der Waals surface area contributed by atoms with Gasteiger partial charge in [-0.3, -0.25) is 4.68 Å². The highest BCUT2D eigenvalue weighted by atomic mass is 16.5. The van der Waals surface area contributed by atoms with Crippen molar-refractivity contribution in [1.82, 2.24) is 15.1 Å². The molecule has 1 aliphatic heterocycles. The Kier molecular flexibility index (Phi) is 4.60. The summed E-state index contributed by atoms with van der Waals surface area (Å²) in [5.74, 6) is 0. The van der Waals surface area contributed by atoms with Crippen LogP contribution < -0.4 is 5.32 Å². The third kappa shape index (κ3) is 4.03. The zero-order chi connectivity index (χ0) is 13.9. The van der Waals surface area contributed by atoms with Crippen LogP contribution >= 0.6 is 0 Å². The van der Waals surface area contributed by atoms with E-state index >= 15 is 0 Å². The van der Waals surface area contributed by atoms with Crippen LogP contribution in [0.25, 0.3) is 0 Å². The first-order valence-electron chi connectivity index (χ1n) is 6.98. The van der Waals surface area contributed by atoms with Gasteiger partial charge in [-0.05, 0) is 26.3 Å². The Morgan fingerprint density at radius 2 is 2.37 bits per heavy atom. The molecule has 5 heteroatoms. The van der Waals surface area contributed by atoms with Crippen LogP contribution in [-0.2, 0) is 29.5 Å². The Morgan fingerprint density at radius 3 is 3.00 bits per heavy atom. The number of morpholine rings is 1. The Hall–Kier alpha value is -0.910.